The molecule has 2 aliphatic rings. The second-order valence-electron chi connectivity index (χ2n) is 8.20. The van der Waals surface area contributed by atoms with Crippen LogP contribution in [0.3, 0.4) is 0 Å². The minimum atomic E-state index is -0.445. The monoisotopic (exact) mass is 495 g/mol. The molecule has 1 aliphatic carbocycles. The number of carbonyl (C=O) groups is 2. The standard InChI is InChI=1S/C26H26BrNO4/c1-15-7-10-18(13-20(15)27)24-23(16(2)28-21-5-4-6-22(29)25(21)24)26(30)32-14-17-8-11-19(31-3)12-9-17/h7-13,24,28H,4-6,14H2,1-3H3/t24-/m0/s1. The molecule has 166 valence electrons. The second-order valence-corrected chi connectivity index (χ2v) is 9.05. The summed E-state index contributed by atoms with van der Waals surface area (Å²) in [5.74, 6) is -0.0273. The Kier molecular flexibility index (Phi) is 6.51. The molecule has 4 rings (SSSR count). The van der Waals surface area contributed by atoms with Crippen molar-refractivity contribution in [3.63, 3.8) is 0 Å². The third-order valence-corrected chi connectivity index (χ3v) is 6.91. The molecule has 0 saturated heterocycles. The molecule has 2 aromatic carbocycles. The Bertz CT molecular complexity index is 1130. The molecule has 0 bridgehead atoms. The fraction of sp³-hybridized carbons (Fsp3) is 0.308. The van der Waals surface area contributed by atoms with Gasteiger partial charge in [-0.05, 0) is 61.6 Å². The number of methoxy groups -OCH3 is 1. The first kappa shape index (κ1) is 22.3. The SMILES string of the molecule is COc1ccc(COC(=O)C2=C(C)NC3=C(C(=O)CCC3)[C@H]2c2ccc(C)c(Br)c2)cc1. The van der Waals surface area contributed by atoms with E-state index >= 15 is 0 Å². The zero-order valence-corrected chi connectivity index (χ0v) is 20.0. The number of allylic oxidation sites excluding steroid dienone is 3. The van der Waals surface area contributed by atoms with Crippen molar-refractivity contribution < 1.29 is 19.1 Å². The van der Waals surface area contributed by atoms with Crippen LogP contribution in [-0.4, -0.2) is 18.9 Å². The van der Waals surface area contributed by atoms with E-state index in [2.05, 4.69) is 21.2 Å². The van der Waals surface area contributed by atoms with Crippen LogP contribution in [0.4, 0.5) is 0 Å². The Morgan fingerprint density at radius 1 is 1.12 bits per heavy atom. The quantitative estimate of drug-likeness (QED) is 0.556. The molecule has 1 heterocycles. The van der Waals surface area contributed by atoms with Crippen molar-refractivity contribution in [1.29, 1.82) is 0 Å². The number of esters is 1. The molecule has 2 aromatic rings. The second kappa shape index (κ2) is 9.33. The average molecular weight is 496 g/mol. The van der Waals surface area contributed by atoms with Crippen LogP contribution in [0.2, 0.25) is 0 Å². The first-order chi connectivity index (χ1) is 15.4. The number of benzene rings is 2. The van der Waals surface area contributed by atoms with E-state index in [0.29, 0.717) is 17.6 Å². The molecule has 0 radical (unpaired) electrons. The molecular formula is C26H26BrNO4. The third-order valence-electron chi connectivity index (χ3n) is 6.05. The lowest BCUT2D eigenvalue weighted by Crippen LogP contribution is -2.34. The molecule has 1 atom stereocenters. The number of rotatable bonds is 5. The molecule has 5 nitrogen and oxygen atoms in total. The number of ether oxygens (including phenoxy) is 2. The third kappa shape index (κ3) is 4.37. The van der Waals surface area contributed by atoms with E-state index in [0.717, 1.165) is 51.1 Å². The van der Waals surface area contributed by atoms with Crippen molar-refractivity contribution in [1.82, 2.24) is 5.32 Å². The number of nitrogens with one attached hydrogen (secondary N) is 1. The molecule has 0 spiro atoms. The summed E-state index contributed by atoms with van der Waals surface area (Å²) in [4.78, 5) is 26.3. The van der Waals surface area contributed by atoms with Crippen LogP contribution in [-0.2, 0) is 20.9 Å². The molecule has 6 heteroatoms. The molecule has 0 amide bonds. The first-order valence-electron chi connectivity index (χ1n) is 10.7. The van der Waals surface area contributed by atoms with Crippen molar-refractivity contribution in [2.45, 2.75) is 45.6 Å². The number of hydrogen-bond donors (Lipinski definition) is 1. The molecule has 0 unspecified atom stereocenters. The lowest BCUT2D eigenvalue weighted by atomic mass is 9.75. The summed E-state index contributed by atoms with van der Waals surface area (Å²) in [6, 6.07) is 13.4. The maximum absolute atomic E-state index is 13.3. The number of hydrogen-bond acceptors (Lipinski definition) is 5. The number of aryl methyl sites for hydroxylation is 1. The van der Waals surface area contributed by atoms with Crippen LogP contribution < -0.4 is 10.1 Å². The lowest BCUT2D eigenvalue weighted by Gasteiger charge is -2.34. The topological polar surface area (TPSA) is 64.6 Å². The Labute approximate surface area is 196 Å². The first-order valence-corrected chi connectivity index (χ1v) is 11.5. The van der Waals surface area contributed by atoms with E-state index in [9.17, 15) is 9.59 Å². The largest absolute Gasteiger partial charge is 0.497 e. The zero-order valence-electron chi connectivity index (χ0n) is 18.5. The van der Waals surface area contributed by atoms with Gasteiger partial charge in [0.15, 0.2) is 5.78 Å². The van der Waals surface area contributed by atoms with Crippen molar-refractivity contribution >= 4 is 27.7 Å². The lowest BCUT2D eigenvalue weighted by molar-refractivity contribution is -0.140. The predicted molar refractivity (Wildman–Crippen MR) is 126 cm³/mol. The summed E-state index contributed by atoms with van der Waals surface area (Å²) in [6.07, 6.45) is 2.12. The highest BCUT2D eigenvalue weighted by atomic mass is 79.9. The van der Waals surface area contributed by atoms with Gasteiger partial charge in [0, 0.05) is 33.8 Å². The van der Waals surface area contributed by atoms with E-state index in [1.54, 1.807) is 7.11 Å². The summed E-state index contributed by atoms with van der Waals surface area (Å²) in [7, 11) is 1.61. The van der Waals surface area contributed by atoms with Gasteiger partial charge in [-0.3, -0.25) is 4.79 Å². The van der Waals surface area contributed by atoms with E-state index in [1.807, 2.05) is 56.3 Å². The fourth-order valence-electron chi connectivity index (χ4n) is 4.32. The van der Waals surface area contributed by atoms with Crippen LogP contribution in [0, 0.1) is 6.92 Å². The Hall–Kier alpha value is -2.86. The number of Topliss-reactive ketones (excluding diaryl/α,β-unsaturated/α-hetero) is 1. The number of ketones is 1. The van der Waals surface area contributed by atoms with Gasteiger partial charge in [-0.2, -0.15) is 0 Å². The maximum Gasteiger partial charge on any atom is 0.337 e. The summed E-state index contributed by atoms with van der Waals surface area (Å²) in [6.45, 7) is 4.03. The smallest absolute Gasteiger partial charge is 0.337 e. The molecule has 1 N–H and O–H groups in total. The van der Waals surface area contributed by atoms with Gasteiger partial charge in [0.2, 0.25) is 0 Å². The molecular weight excluding hydrogens is 470 g/mol. The summed E-state index contributed by atoms with van der Waals surface area (Å²) in [5.41, 5.74) is 5.70. The minimum Gasteiger partial charge on any atom is -0.497 e. The van der Waals surface area contributed by atoms with Gasteiger partial charge in [0.25, 0.3) is 0 Å². The molecule has 0 saturated carbocycles. The van der Waals surface area contributed by atoms with E-state index in [-0.39, 0.29) is 12.4 Å². The molecule has 0 fully saturated rings. The van der Waals surface area contributed by atoms with Gasteiger partial charge in [0.1, 0.15) is 12.4 Å². The Morgan fingerprint density at radius 2 is 1.88 bits per heavy atom. The highest BCUT2D eigenvalue weighted by Gasteiger charge is 2.39. The van der Waals surface area contributed by atoms with Gasteiger partial charge in [-0.1, -0.05) is 40.2 Å². The van der Waals surface area contributed by atoms with Crippen LogP contribution in [0.15, 0.2) is 69.5 Å². The van der Waals surface area contributed by atoms with Gasteiger partial charge in [0.05, 0.1) is 12.7 Å². The van der Waals surface area contributed by atoms with Crippen molar-refractivity contribution in [3.8, 4) is 5.75 Å². The summed E-state index contributed by atoms with van der Waals surface area (Å²) < 4.78 is 11.8. The summed E-state index contributed by atoms with van der Waals surface area (Å²) >= 11 is 3.60. The van der Waals surface area contributed by atoms with E-state index in [1.165, 1.54) is 0 Å². The van der Waals surface area contributed by atoms with Crippen LogP contribution >= 0.6 is 15.9 Å². The van der Waals surface area contributed by atoms with Gasteiger partial charge < -0.3 is 14.8 Å². The highest BCUT2D eigenvalue weighted by molar-refractivity contribution is 9.10. The normalized spacial score (nSPS) is 18.2. The van der Waals surface area contributed by atoms with Gasteiger partial charge >= 0.3 is 5.97 Å². The molecule has 1 aliphatic heterocycles. The maximum atomic E-state index is 13.3. The van der Waals surface area contributed by atoms with Crippen molar-refractivity contribution in [2.24, 2.45) is 0 Å². The predicted octanol–water partition coefficient (Wildman–Crippen LogP) is 5.48. The number of dihydropyridines is 1. The van der Waals surface area contributed by atoms with Gasteiger partial charge in [-0.25, -0.2) is 4.79 Å². The molecule has 32 heavy (non-hydrogen) atoms. The van der Waals surface area contributed by atoms with Crippen molar-refractivity contribution in [2.75, 3.05) is 7.11 Å². The Morgan fingerprint density at radius 3 is 2.56 bits per heavy atom. The van der Waals surface area contributed by atoms with Gasteiger partial charge in [-0.15, -0.1) is 0 Å². The average Bonchev–Trinajstić information content (AvgIpc) is 2.79. The fourth-order valence-corrected chi connectivity index (χ4v) is 4.72. The molecule has 0 aromatic heterocycles. The van der Waals surface area contributed by atoms with Crippen molar-refractivity contribution in [3.05, 3.63) is 86.2 Å². The van der Waals surface area contributed by atoms with Crippen LogP contribution in [0.5, 0.6) is 5.75 Å². The van der Waals surface area contributed by atoms with Crippen LogP contribution in [0.25, 0.3) is 0 Å². The Balaban J connectivity index is 1.68. The van der Waals surface area contributed by atoms with Crippen LogP contribution in [0.1, 0.15) is 48.8 Å². The minimum absolute atomic E-state index is 0.0911. The number of halogens is 1. The zero-order chi connectivity index (χ0) is 22.8. The summed E-state index contributed by atoms with van der Waals surface area (Å²) in [5, 5.41) is 3.33. The van der Waals surface area contributed by atoms with E-state index in [4.69, 9.17) is 9.47 Å². The number of carbonyl (C=O) groups excluding carboxylic acids is 2. The van der Waals surface area contributed by atoms with E-state index < -0.39 is 11.9 Å². The highest BCUT2D eigenvalue weighted by Crippen LogP contribution is 2.43.